The lowest BCUT2D eigenvalue weighted by atomic mass is 9.93. The molecule has 15 heavy (non-hydrogen) atoms. The number of rotatable bonds is 1. The average Bonchev–Trinajstić information content (AvgIpc) is 2.59. The molecule has 2 heterocycles. The number of hydrogen-bond donors (Lipinski definition) is 1. The Morgan fingerprint density at radius 3 is 2.87 bits per heavy atom. The van der Waals surface area contributed by atoms with Crippen molar-refractivity contribution in [2.24, 2.45) is 0 Å². The zero-order chi connectivity index (χ0) is 11.1. The molecular formula is C12H20N2O. The maximum Gasteiger partial charge on any atom is 0.114 e. The van der Waals surface area contributed by atoms with Gasteiger partial charge in [-0.2, -0.15) is 0 Å². The summed E-state index contributed by atoms with van der Waals surface area (Å²) in [5, 5.41) is 9.31. The standard InChI is InChI=1S/C12H20N2O/c1-12(2,3)11-13-7-10-9(8-15)5-4-6-14(10)11/h7,9,15H,4-6,8H2,1-3H3. The van der Waals surface area contributed by atoms with Crippen LogP contribution in [0.2, 0.25) is 0 Å². The van der Waals surface area contributed by atoms with Gasteiger partial charge in [-0.25, -0.2) is 4.98 Å². The highest BCUT2D eigenvalue weighted by Gasteiger charge is 2.27. The Morgan fingerprint density at radius 2 is 2.27 bits per heavy atom. The first kappa shape index (κ1) is 10.7. The van der Waals surface area contributed by atoms with E-state index in [1.54, 1.807) is 0 Å². The zero-order valence-corrected chi connectivity index (χ0v) is 9.82. The molecule has 0 amide bonds. The second-order valence-corrected chi connectivity index (χ2v) is 5.43. The van der Waals surface area contributed by atoms with Gasteiger partial charge in [-0.05, 0) is 12.8 Å². The van der Waals surface area contributed by atoms with Gasteiger partial charge in [0, 0.05) is 29.8 Å². The Morgan fingerprint density at radius 1 is 1.53 bits per heavy atom. The number of aliphatic hydroxyl groups excluding tert-OH is 1. The first-order chi connectivity index (χ1) is 7.04. The van der Waals surface area contributed by atoms with Crippen LogP contribution in [0.4, 0.5) is 0 Å². The molecule has 3 heteroatoms. The van der Waals surface area contributed by atoms with Crippen molar-refractivity contribution in [3.63, 3.8) is 0 Å². The summed E-state index contributed by atoms with van der Waals surface area (Å²) in [5.74, 6) is 1.44. The van der Waals surface area contributed by atoms with Crippen LogP contribution in [0.3, 0.4) is 0 Å². The zero-order valence-electron chi connectivity index (χ0n) is 9.82. The molecule has 2 rings (SSSR count). The first-order valence-corrected chi connectivity index (χ1v) is 5.71. The predicted octanol–water partition coefficient (Wildman–Crippen LogP) is 2.05. The van der Waals surface area contributed by atoms with Crippen LogP contribution in [0.15, 0.2) is 6.20 Å². The summed E-state index contributed by atoms with van der Waals surface area (Å²) in [7, 11) is 0. The van der Waals surface area contributed by atoms with Crippen LogP contribution >= 0.6 is 0 Å². The Labute approximate surface area is 91.1 Å². The van der Waals surface area contributed by atoms with Crippen LogP contribution in [0.5, 0.6) is 0 Å². The minimum atomic E-state index is 0.0929. The van der Waals surface area contributed by atoms with Crippen LogP contribution in [-0.2, 0) is 12.0 Å². The van der Waals surface area contributed by atoms with Gasteiger partial charge in [0.2, 0.25) is 0 Å². The van der Waals surface area contributed by atoms with Crippen LogP contribution in [0.1, 0.15) is 51.0 Å². The van der Waals surface area contributed by atoms with Gasteiger partial charge in [-0.3, -0.25) is 0 Å². The van der Waals surface area contributed by atoms with Gasteiger partial charge in [0.15, 0.2) is 0 Å². The van der Waals surface area contributed by atoms with Gasteiger partial charge >= 0.3 is 0 Å². The molecule has 0 spiro atoms. The van der Waals surface area contributed by atoms with Gasteiger partial charge < -0.3 is 9.67 Å². The number of fused-ring (bicyclic) bond motifs is 1. The maximum absolute atomic E-state index is 9.31. The largest absolute Gasteiger partial charge is 0.396 e. The summed E-state index contributed by atoms with van der Waals surface area (Å²) in [6, 6.07) is 0. The van der Waals surface area contributed by atoms with E-state index in [4.69, 9.17) is 0 Å². The van der Waals surface area contributed by atoms with Crippen molar-refractivity contribution in [3.8, 4) is 0 Å². The molecule has 0 bridgehead atoms. The van der Waals surface area contributed by atoms with Crippen molar-refractivity contribution in [2.45, 2.75) is 51.5 Å². The average molecular weight is 208 g/mol. The minimum absolute atomic E-state index is 0.0929. The van der Waals surface area contributed by atoms with Crippen molar-refractivity contribution in [1.29, 1.82) is 0 Å². The second kappa shape index (κ2) is 3.63. The highest BCUT2D eigenvalue weighted by Crippen LogP contribution is 2.31. The fourth-order valence-electron chi connectivity index (χ4n) is 2.38. The van der Waals surface area contributed by atoms with Gasteiger partial charge in [-0.1, -0.05) is 20.8 Å². The lowest BCUT2D eigenvalue weighted by Gasteiger charge is -2.27. The topological polar surface area (TPSA) is 38.0 Å². The summed E-state index contributed by atoms with van der Waals surface area (Å²) in [4.78, 5) is 4.52. The summed E-state index contributed by atoms with van der Waals surface area (Å²) < 4.78 is 2.30. The lowest BCUT2D eigenvalue weighted by molar-refractivity contribution is 0.239. The SMILES string of the molecule is CC(C)(C)c1ncc2n1CCCC2CO. The van der Waals surface area contributed by atoms with E-state index in [1.165, 1.54) is 5.69 Å². The van der Waals surface area contributed by atoms with Gasteiger partial charge in [0.1, 0.15) is 5.82 Å². The fourth-order valence-corrected chi connectivity index (χ4v) is 2.38. The molecule has 0 aliphatic carbocycles. The quantitative estimate of drug-likeness (QED) is 0.767. The molecule has 0 saturated heterocycles. The normalized spacial score (nSPS) is 21.5. The van der Waals surface area contributed by atoms with E-state index in [1.807, 2.05) is 6.20 Å². The van der Waals surface area contributed by atoms with Crippen molar-refractivity contribution >= 4 is 0 Å². The van der Waals surface area contributed by atoms with Gasteiger partial charge in [-0.15, -0.1) is 0 Å². The monoisotopic (exact) mass is 208 g/mol. The molecule has 1 unspecified atom stereocenters. The second-order valence-electron chi connectivity index (χ2n) is 5.43. The van der Waals surface area contributed by atoms with Crippen molar-refractivity contribution < 1.29 is 5.11 Å². The summed E-state index contributed by atoms with van der Waals surface area (Å²) in [6.07, 6.45) is 4.18. The van der Waals surface area contributed by atoms with Crippen LogP contribution in [0.25, 0.3) is 0 Å². The molecule has 1 aromatic heterocycles. The molecule has 1 aromatic rings. The molecule has 84 valence electrons. The van der Waals surface area contributed by atoms with E-state index in [2.05, 4.69) is 30.3 Å². The molecule has 1 atom stereocenters. The van der Waals surface area contributed by atoms with E-state index in [0.29, 0.717) is 5.92 Å². The third-order valence-electron chi connectivity index (χ3n) is 3.13. The summed E-state index contributed by atoms with van der Waals surface area (Å²) in [5.41, 5.74) is 1.31. The number of aliphatic hydroxyl groups is 1. The molecule has 1 aliphatic heterocycles. The number of aromatic nitrogens is 2. The highest BCUT2D eigenvalue weighted by molar-refractivity contribution is 5.17. The van der Waals surface area contributed by atoms with Crippen molar-refractivity contribution in [2.75, 3.05) is 6.61 Å². The Kier molecular flexibility index (Phi) is 2.59. The lowest BCUT2D eigenvalue weighted by Crippen LogP contribution is -2.24. The first-order valence-electron chi connectivity index (χ1n) is 5.71. The predicted molar refractivity (Wildman–Crippen MR) is 60.0 cm³/mol. The van der Waals surface area contributed by atoms with E-state index < -0.39 is 0 Å². The fraction of sp³-hybridized carbons (Fsp3) is 0.750. The Hall–Kier alpha value is -0.830. The Bertz CT molecular complexity index is 349. The van der Waals surface area contributed by atoms with Crippen molar-refractivity contribution in [3.05, 3.63) is 17.7 Å². The molecule has 0 aromatic carbocycles. The third-order valence-corrected chi connectivity index (χ3v) is 3.13. The van der Waals surface area contributed by atoms with E-state index in [9.17, 15) is 5.11 Å². The van der Waals surface area contributed by atoms with E-state index in [-0.39, 0.29) is 12.0 Å². The Balaban J connectivity index is 2.42. The van der Waals surface area contributed by atoms with Crippen LogP contribution in [0, 0.1) is 0 Å². The third kappa shape index (κ3) is 1.81. The van der Waals surface area contributed by atoms with Crippen LogP contribution < -0.4 is 0 Å². The smallest absolute Gasteiger partial charge is 0.114 e. The van der Waals surface area contributed by atoms with Gasteiger partial charge in [0.05, 0.1) is 6.61 Å². The van der Waals surface area contributed by atoms with E-state index >= 15 is 0 Å². The van der Waals surface area contributed by atoms with Crippen LogP contribution in [-0.4, -0.2) is 21.3 Å². The molecule has 0 fully saturated rings. The molecule has 0 radical (unpaired) electrons. The minimum Gasteiger partial charge on any atom is -0.396 e. The number of nitrogens with zero attached hydrogens (tertiary/aromatic N) is 2. The van der Waals surface area contributed by atoms with E-state index in [0.717, 1.165) is 25.2 Å². The number of hydrogen-bond acceptors (Lipinski definition) is 2. The van der Waals surface area contributed by atoms with Gasteiger partial charge in [0.25, 0.3) is 0 Å². The molecule has 1 aliphatic rings. The summed E-state index contributed by atoms with van der Waals surface area (Å²) in [6.45, 7) is 7.86. The summed E-state index contributed by atoms with van der Waals surface area (Å²) >= 11 is 0. The molecular weight excluding hydrogens is 188 g/mol. The molecule has 1 N–H and O–H groups in total. The van der Waals surface area contributed by atoms with Crippen molar-refractivity contribution in [1.82, 2.24) is 9.55 Å². The molecule has 0 saturated carbocycles. The maximum atomic E-state index is 9.31. The number of imidazole rings is 1. The highest BCUT2D eigenvalue weighted by atomic mass is 16.3. The molecule has 3 nitrogen and oxygen atoms in total.